The fourth-order valence-electron chi connectivity index (χ4n) is 4.13. The van der Waals surface area contributed by atoms with Gasteiger partial charge in [0, 0.05) is 25.0 Å². The van der Waals surface area contributed by atoms with E-state index in [1.165, 1.54) is 12.0 Å². The Hall–Kier alpha value is -4.04. The second-order valence-electron chi connectivity index (χ2n) is 8.80. The zero-order valence-electron chi connectivity index (χ0n) is 21.1. The van der Waals surface area contributed by atoms with Crippen molar-refractivity contribution in [3.63, 3.8) is 0 Å². The zero-order valence-corrected chi connectivity index (χ0v) is 21.9. The summed E-state index contributed by atoms with van der Waals surface area (Å²) in [5.41, 5.74) is 5.54. The summed E-state index contributed by atoms with van der Waals surface area (Å²) in [5, 5.41) is 3.82. The van der Waals surface area contributed by atoms with Gasteiger partial charge in [-0.3, -0.25) is 9.59 Å². The average Bonchev–Trinajstić information content (AvgIpc) is 3.17. The lowest BCUT2D eigenvalue weighted by Crippen LogP contribution is -2.21. The molecule has 0 aliphatic heterocycles. The van der Waals surface area contributed by atoms with Crippen LogP contribution in [0.25, 0.3) is 22.2 Å². The lowest BCUT2D eigenvalue weighted by molar-refractivity contribution is 0.0601. The Kier molecular flexibility index (Phi) is 6.90. The predicted octanol–water partition coefficient (Wildman–Crippen LogP) is 5.63. The molecule has 7 nitrogen and oxygen atoms in total. The summed E-state index contributed by atoms with van der Waals surface area (Å²) in [6.07, 6.45) is 0. The van der Waals surface area contributed by atoms with E-state index < -0.39 is 11.9 Å². The molecule has 0 radical (unpaired) electrons. The minimum atomic E-state index is -0.618. The number of hydrogen-bond acceptors (Lipinski definition) is 6. The number of methoxy groups -OCH3 is 1. The molecular weight excluding hydrogens is 474 g/mol. The molecule has 0 atom stereocenters. The Balaban J connectivity index is 1.84. The number of carbonyl (C=O) groups excluding carboxylic acids is 3. The van der Waals surface area contributed by atoms with Crippen molar-refractivity contribution in [1.82, 2.24) is 9.88 Å². The number of fused-ring (bicyclic) bond motifs is 1. The minimum Gasteiger partial charge on any atom is -0.465 e. The molecule has 0 spiro atoms. The van der Waals surface area contributed by atoms with E-state index in [1.807, 2.05) is 50.2 Å². The zero-order chi connectivity index (χ0) is 26.1. The fourth-order valence-corrected chi connectivity index (χ4v) is 5.34. The number of pyridine rings is 1. The molecule has 8 heteroatoms. The summed E-state index contributed by atoms with van der Waals surface area (Å²) < 4.78 is 4.95. The van der Waals surface area contributed by atoms with Gasteiger partial charge in [-0.05, 0) is 44.0 Å². The van der Waals surface area contributed by atoms with Crippen molar-refractivity contribution >= 4 is 45.0 Å². The average molecular weight is 502 g/mol. The van der Waals surface area contributed by atoms with Gasteiger partial charge in [0.25, 0.3) is 11.8 Å². The molecule has 4 rings (SSSR count). The van der Waals surface area contributed by atoms with Crippen LogP contribution in [0.4, 0.5) is 5.00 Å². The Morgan fingerprint density at radius 3 is 2.39 bits per heavy atom. The van der Waals surface area contributed by atoms with Crippen molar-refractivity contribution in [2.45, 2.75) is 20.8 Å². The van der Waals surface area contributed by atoms with Crippen molar-refractivity contribution in [2.75, 3.05) is 26.5 Å². The summed E-state index contributed by atoms with van der Waals surface area (Å²) in [6, 6.07) is 15.3. The second-order valence-corrected chi connectivity index (χ2v) is 9.82. The smallest absolute Gasteiger partial charge is 0.341 e. The molecule has 0 bridgehead atoms. The van der Waals surface area contributed by atoms with Crippen molar-refractivity contribution in [3.05, 3.63) is 81.2 Å². The number of aromatic nitrogens is 1. The number of nitrogens with zero attached hydrogens (tertiary/aromatic N) is 2. The summed E-state index contributed by atoms with van der Waals surface area (Å²) in [5.74, 6) is -1.28. The molecule has 2 aromatic carbocycles. The van der Waals surface area contributed by atoms with Gasteiger partial charge < -0.3 is 15.0 Å². The number of rotatable bonds is 5. The summed E-state index contributed by atoms with van der Waals surface area (Å²) in [6.45, 7) is 5.72. The van der Waals surface area contributed by atoms with E-state index in [4.69, 9.17) is 9.72 Å². The number of anilines is 1. The number of aryl methyl sites for hydroxylation is 2. The highest BCUT2D eigenvalue weighted by molar-refractivity contribution is 7.18. The van der Waals surface area contributed by atoms with Crippen molar-refractivity contribution in [3.8, 4) is 11.3 Å². The summed E-state index contributed by atoms with van der Waals surface area (Å²) in [4.78, 5) is 45.5. The van der Waals surface area contributed by atoms with Gasteiger partial charge >= 0.3 is 5.97 Å². The van der Waals surface area contributed by atoms with E-state index in [0.717, 1.165) is 28.0 Å². The van der Waals surface area contributed by atoms with E-state index in [0.29, 0.717) is 32.6 Å². The maximum atomic E-state index is 13.7. The Morgan fingerprint density at radius 1 is 1.00 bits per heavy atom. The van der Waals surface area contributed by atoms with Crippen LogP contribution in [0, 0.1) is 20.8 Å². The SMILES string of the molecule is COC(=O)c1c(NC(=O)c2cc(-c3ccc(C)cc3C)nc3ccccc23)sc(C(=O)N(C)C)c1C. The number of esters is 1. The molecular formula is C28H27N3O4S. The van der Waals surface area contributed by atoms with Crippen LogP contribution in [-0.4, -0.2) is 48.9 Å². The molecule has 0 saturated heterocycles. The summed E-state index contributed by atoms with van der Waals surface area (Å²) in [7, 11) is 4.54. The molecule has 0 aliphatic carbocycles. The third kappa shape index (κ3) is 4.59. The Bertz CT molecular complexity index is 1520. The highest BCUT2D eigenvalue weighted by atomic mass is 32.1. The van der Waals surface area contributed by atoms with Gasteiger partial charge in [0.15, 0.2) is 0 Å². The van der Waals surface area contributed by atoms with E-state index in [-0.39, 0.29) is 16.5 Å². The van der Waals surface area contributed by atoms with Gasteiger partial charge in [0.2, 0.25) is 0 Å². The van der Waals surface area contributed by atoms with Gasteiger partial charge in [-0.15, -0.1) is 11.3 Å². The quantitative estimate of drug-likeness (QED) is 0.358. The molecule has 0 saturated carbocycles. The van der Waals surface area contributed by atoms with E-state index in [1.54, 1.807) is 27.1 Å². The van der Waals surface area contributed by atoms with E-state index in [2.05, 4.69) is 11.4 Å². The molecule has 36 heavy (non-hydrogen) atoms. The van der Waals surface area contributed by atoms with Gasteiger partial charge in [0.1, 0.15) is 5.00 Å². The standard InChI is InChI=1S/C28H27N3O4S/c1-15-11-12-18(16(2)13-15)22-14-20(19-9-7-8-10-21(19)29-22)25(32)30-26-23(28(34)35-6)17(3)24(36-26)27(33)31(4)5/h7-14H,1-6H3,(H,30,32). The fraction of sp³-hybridized carbons (Fsp3) is 0.214. The van der Waals surface area contributed by atoms with Crippen LogP contribution in [0.15, 0.2) is 48.5 Å². The third-order valence-electron chi connectivity index (χ3n) is 5.98. The van der Waals surface area contributed by atoms with Crippen LogP contribution >= 0.6 is 11.3 Å². The maximum absolute atomic E-state index is 13.7. The number of amides is 2. The Labute approximate surface area is 213 Å². The molecule has 0 fully saturated rings. The second kappa shape index (κ2) is 9.91. The monoisotopic (exact) mass is 501 g/mol. The largest absolute Gasteiger partial charge is 0.465 e. The van der Waals surface area contributed by atoms with E-state index >= 15 is 0 Å². The number of hydrogen-bond donors (Lipinski definition) is 1. The number of ether oxygens (including phenoxy) is 1. The first-order valence-electron chi connectivity index (χ1n) is 11.3. The van der Waals surface area contributed by atoms with Crippen LogP contribution in [0.5, 0.6) is 0 Å². The highest BCUT2D eigenvalue weighted by Crippen LogP contribution is 2.35. The maximum Gasteiger partial charge on any atom is 0.341 e. The van der Waals surface area contributed by atoms with Crippen LogP contribution in [0.3, 0.4) is 0 Å². The summed E-state index contributed by atoms with van der Waals surface area (Å²) >= 11 is 1.06. The molecule has 2 heterocycles. The van der Waals surface area contributed by atoms with Gasteiger partial charge in [-0.25, -0.2) is 9.78 Å². The van der Waals surface area contributed by atoms with Crippen molar-refractivity contribution in [2.24, 2.45) is 0 Å². The number of para-hydroxylation sites is 1. The van der Waals surface area contributed by atoms with Crippen molar-refractivity contribution in [1.29, 1.82) is 0 Å². The normalized spacial score (nSPS) is 10.8. The molecule has 2 amide bonds. The molecule has 2 aromatic heterocycles. The van der Waals surface area contributed by atoms with Crippen LogP contribution in [-0.2, 0) is 4.74 Å². The lowest BCUT2D eigenvalue weighted by Gasteiger charge is -2.12. The highest BCUT2D eigenvalue weighted by Gasteiger charge is 2.28. The molecule has 0 unspecified atom stereocenters. The molecule has 1 N–H and O–H groups in total. The number of benzene rings is 2. The predicted molar refractivity (Wildman–Crippen MR) is 143 cm³/mol. The molecule has 4 aromatic rings. The molecule has 0 aliphatic rings. The number of carbonyl (C=O) groups is 3. The van der Waals surface area contributed by atoms with Crippen LogP contribution < -0.4 is 5.32 Å². The van der Waals surface area contributed by atoms with Gasteiger partial charge in [0.05, 0.1) is 34.3 Å². The van der Waals surface area contributed by atoms with Gasteiger partial charge in [-0.2, -0.15) is 0 Å². The minimum absolute atomic E-state index is 0.175. The topological polar surface area (TPSA) is 88.6 Å². The third-order valence-corrected chi connectivity index (χ3v) is 7.18. The first-order chi connectivity index (χ1) is 17.1. The number of nitrogens with one attached hydrogen (secondary N) is 1. The van der Waals surface area contributed by atoms with Gasteiger partial charge in [-0.1, -0.05) is 42.0 Å². The number of thiophene rings is 1. The lowest BCUT2D eigenvalue weighted by atomic mass is 9.99. The van der Waals surface area contributed by atoms with Crippen LogP contribution in [0.2, 0.25) is 0 Å². The Morgan fingerprint density at radius 2 is 1.72 bits per heavy atom. The van der Waals surface area contributed by atoms with Crippen molar-refractivity contribution < 1.29 is 19.1 Å². The first kappa shape index (κ1) is 25.1. The van der Waals surface area contributed by atoms with E-state index in [9.17, 15) is 14.4 Å². The van der Waals surface area contributed by atoms with Crippen LogP contribution in [0.1, 0.15) is 47.1 Å². The first-order valence-corrected chi connectivity index (χ1v) is 12.2. The molecule has 184 valence electrons.